The van der Waals surface area contributed by atoms with Crippen LogP contribution in [-0.2, 0) is 36.3 Å². The number of carbonyl (C=O) groups excluding carboxylic acids is 2. The van der Waals surface area contributed by atoms with Crippen molar-refractivity contribution in [3.05, 3.63) is 59.2 Å². The van der Waals surface area contributed by atoms with Crippen LogP contribution in [-0.4, -0.2) is 61.6 Å². The number of carbonyl (C=O) groups is 2. The van der Waals surface area contributed by atoms with Crippen molar-refractivity contribution >= 4 is 27.3 Å². The molecule has 4 rings (SSSR count). The number of amides is 2. The molecule has 0 radical (unpaired) electrons. The van der Waals surface area contributed by atoms with E-state index in [2.05, 4.69) is 5.32 Å². The van der Waals surface area contributed by atoms with Gasteiger partial charge in [0.15, 0.2) is 9.84 Å². The number of fused-ring (bicyclic) bond motifs is 1. The highest BCUT2D eigenvalue weighted by Gasteiger charge is 2.71. The van der Waals surface area contributed by atoms with Crippen molar-refractivity contribution in [2.24, 2.45) is 0 Å². The number of benzene rings is 2. The van der Waals surface area contributed by atoms with E-state index in [1.807, 2.05) is 0 Å². The van der Waals surface area contributed by atoms with E-state index in [-0.39, 0.29) is 23.5 Å². The number of aliphatic hydroxyl groups is 1. The Morgan fingerprint density at radius 1 is 1.05 bits per heavy atom. The van der Waals surface area contributed by atoms with E-state index in [0.29, 0.717) is 36.1 Å². The van der Waals surface area contributed by atoms with Crippen LogP contribution < -0.4 is 5.32 Å². The SMILES string of the molecule is COC1(CC(=O)N2Cc3cc(S(C)(=O)=O)ccc3C2C(=O)Nc2ccc(C(O)(C(F)(F)F)C(F)(F)F)cc2)CC1. The molecule has 218 valence electrons. The molecular weight excluding hydrogens is 570 g/mol. The van der Waals surface area contributed by atoms with Crippen LogP contribution in [0.4, 0.5) is 32.0 Å². The summed E-state index contributed by atoms with van der Waals surface area (Å²) in [6.45, 7) is -0.113. The van der Waals surface area contributed by atoms with Crippen LogP contribution in [0.25, 0.3) is 0 Å². The molecule has 2 aliphatic rings. The molecule has 2 aromatic carbocycles. The predicted molar refractivity (Wildman–Crippen MR) is 128 cm³/mol. The van der Waals surface area contributed by atoms with E-state index in [9.17, 15) is 49.5 Å². The fraction of sp³-hybridized carbons (Fsp3) is 0.440. The molecule has 2 amide bonds. The lowest BCUT2D eigenvalue weighted by Gasteiger charge is -2.32. The molecule has 1 saturated carbocycles. The first-order valence-electron chi connectivity index (χ1n) is 11.8. The van der Waals surface area contributed by atoms with Gasteiger partial charge >= 0.3 is 12.4 Å². The molecule has 0 saturated heterocycles. The number of ether oxygens (including phenoxy) is 1. The number of nitrogens with zero attached hydrogens (tertiary/aromatic N) is 1. The maximum Gasteiger partial charge on any atom is 0.430 e. The maximum absolute atomic E-state index is 13.4. The third kappa shape index (κ3) is 5.29. The second-order valence-electron chi connectivity index (χ2n) is 9.89. The number of hydrogen-bond acceptors (Lipinski definition) is 6. The summed E-state index contributed by atoms with van der Waals surface area (Å²) in [6, 6.07) is 5.00. The number of nitrogens with one attached hydrogen (secondary N) is 1. The molecule has 0 spiro atoms. The second kappa shape index (κ2) is 9.73. The first-order valence-corrected chi connectivity index (χ1v) is 13.7. The zero-order valence-electron chi connectivity index (χ0n) is 21.1. The third-order valence-corrected chi connectivity index (χ3v) is 8.27. The molecule has 2 aromatic rings. The monoisotopic (exact) mass is 594 g/mol. The summed E-state index contributed by atoms with van der Waals surface area (Å²) in [5.74, 6) is -1.30. The highest BCUT2D eigenvalue weighted by Crippen LogP contribution is 2.50. The number of hydrogen-bond donors (Lipinski definition) is 2. The Bertz CT molecular complexity index is 1420. The highest BCUT2D eigenvalue weighted by molar-refractivity contribution is 7.90. The number of sulfone groups is 1. The van der Waals surface area contributed by atoms with Gasteiger partial charge in [-0.05, 0) is 48.2 Å². The third-order valence-electron chi connectivity index (χ3n) is 7.16. The molecular formula is C25H24F6N2O6S. The summed E-state index contributed by atoms with van der Waals surface area (Å²) < 4.78 is 109. The lowest BCUT2D eigenvalue weighted by atomic mass is 9.92. The quantitative estimate of drug-likeness (QED) is 0.469. The minimum Gasteiger partial charge on any atom is -0.378 e. The molecule has 1 fully saturated rings. The molecule has 0 aromatic heterocycles. The van der Waals surface area contributed by atoms with Crippen LogP contribution in [0.5, 0.6) is 0 Å². The van der Waals surface area contributed by atoms with E-state index in [1.165, 1.54) is 30.2 Å². The van der Waals surface area contributed by atoms with Crippen molar-refractivity contribution in [2.75, 3.05) is 18.7 Å². The lowest BCUT2D eigenvalue weighted by Crippen LogP contribution is -2.53. The van der Waals surface area contributed by atoms with Gasteiger partial charge in [-0.3, -0.25) is 9.59 Å². The normalized spacial score (nSPS) is 18.8. The van der Waals surface area contributed by atoms with Crippen molar-refractivity contribution in [2.45, 2.75) is 60.3 Å². The van der Waals surface area contributed by atoms with Gasteiger partial charge < -0.3 is 20.1 Å². The van der Waals surface area contributed by atoms with E-state index >= 15 is 0 Å². The number of methoxy groups -OCH3 is 1. The fourth-order valence-electron chi connectivity index (χ4n) is 4.64. The van der Waals surface area contributed by atoms with Crippen LogP contribution in [0.15, 0.2) is 47.4 Å². The van der Waals surface area contributed by atoms with Crippen LogP contribution in [0.1, 0.15) is 42.0 Å². The summed E-state index contributed by atoms with van der Waals surface area (Å²) in [5, 5.41) is 11.9. The Balaban J connectivity index is 1.64. The van der Waals surface area contributed by atoms with Gasteiger partial charge in [0.25, 0.3) is 11.5 Å². The zero-order chi connectivity index (χ0) is 29.9. The van der Waals surface area contributed by atoms with E-state index in [1.54, 1.807) is 0 Å². The van der Waals surface area contributed by atoms with Gasteiger partial charge in [0.2, 0.25) is 5.91 Å². The molecule has 1 aliphatic heterocycles. The molecule has 2 N–H and O–H groups in total. The van der Waals surface area contributed by atoms with Crippen LogP contribution in [0.2, 0.25) is 0 Å². The summed E-state index contributed by atoms with van der Waals surface area (Å²) in [7, 11) is -2.16. The van der Waals surface area contributed by atoms with Gasteiger partial charge in [0.05, 0.1) is 16.9 Å². The van der Waals surface area contributed by atoms with Gasteiger partial charge in [-0.2, -0.15) is 26.3 Å². The minimum atomic E-state index is -6.07. The Kier molecular flexibility index (Phi) is 7.25. The molecule has 15 heteroatoms. The van der Waals surface area contributed by atoms with E-state index in [4.69, 9.17) is 4.74 Å². The summed E-state index contributed by atoms with van der Waals surface area (Å²) >= 11 is 0. The van der Waals surface area contributed by atoms with Crippen molar-refractivity contribution in [3.8, 4) is 0 Å². The fourth-order valence-corrected chi connectivity index (χ4v) is 5.31. The topological polar surface area (TPSA) is 113 Å². The molecule has 40 heavy (non-hydrogen) atoms. The van der Waals surface area contributed by atoms with Crippen molar-refractivity contribution < 1.29 is 54.2 Å². The standard InChI is InChI=1S/C25H24F6N2O6S/c1-39-22(9-10-22)12-19(34)33-13-14-11-17(40(2,37)38)7-8-18(14)20(33)21(35)32-16-5-3-15(4-6-16)23(36,24(26,27)28)25(29,30)31/h3-8,11,20,36H,9-10,12-13H2,1-2H3,(H,32,35). The number of anilines is 1. The lowest BCUT2D eigenvalue weighted by molar-refractivity contribution is -0.376. The second-order valence-corrected chi connectivity index (χ2v) is 11.9. The molecule has 1 unspecified atom stereocenters. The predicted octanol–water partition coefficient (Wildman–Crippen LogP) is 3.99. The first-order chi connectivity index (χ1) is 18.3. The van der Waals surface area contributed by atoms with Gasteiger partial charge in [-0.1, -0.05) is 18.2 Å². The maximum atomic E-state index is 13.4. The van der Waals surface area contributed by atoms with Gasteiger partial charge in [-0.25, -0.2) is 8.42 Å². The van der Waals surface area contributed by atoms with Gasteiger partial charge in [0.1, 0.15) is 6.04 Å². The molecule has 0 bridgehead atoms. The summed E-state index contributed by atoms with van der Waals surface area (Å²) in [5.41, 5.74) is -6.82. The molecule has 8 nitrogen and oxygen atoms in total. The van der Waals surface area contributed by atoms with Crippen LogP contribution in [0, 0.1) is 0 Å². The molecule has 1 atom stereocenters. The number of halogens is 6. The van der Waals surface area contributed by atoms with Gasteiger partial charge in [-0.15, -0.1) is 0 Å². The van der Waals surface area contributed by atoms with Gasteiger partial charge in [0, 0.05) is 31.2 Å². The minimum absolute atomic E-state index is 0.0346. The number of alkyl halides is 6. The van der Waals surface area contributed by atoms with Crippen LogP contribution >= 0.6 is 0 Å². The van der Waals surface area contributed by atoms with E-state index < -0.39 is 56.8 Å². The molecule has 1 aliphatic carbocycles. The summed E-state index contributed by atoms with van der Waals surface area (Å²) in [6.07, 6.45) is -9.96. The highest BCUT2D eigenvalue weighted by atomic mass is 32.2. The van der Waals surface area contributed by atoms with Crippen LogP contribution in [0.3, 0.4) is 0 Å². The van der Waals surface area contributed by atoms with Crippen molar-refractivity contribution in [1.29, 1.82) is 0 Å². The average molecular weight is 595 g/mol. The van der Waals surface area contributed by atoms with Crippen molar-refractivity contribution in [3.63, 3.8) is 0 Å². The Morgan fingerprint density at radius 3 is 2.10 bits per heavy atom. The molecule has 1 heterocycles. The number of rotatable bonds is 7. The summed E-state index contributed by atoms with van der Waals surface area (Å²) in [4.78, 5) is 27.8. The van der Waals surface area contributed by atoms with Crippen molar-refractivity contribution in [1.82, 2.24) is 4.90 Å². The largest absolute Gasteiger partial charge is 0.430 e. The Hall–Kier alpha value is -3.17. The average Bonchev–Trinajstić information content (AvgIpc) is 3.50. The zero-order valence-corrected chi connectivity index (χ0v) is 21.9. The Labute approximate surface area is 224 Å². The smallest absolute Gasteiger partial charge is 0.378 e. The van der Waals surface area contributed by atoms with E-state index in [0.717, 1.165) is 18.4 Å². The Morgan fingerprint density at radius 2 is 1.62 bits per heavy atom. The first kappa shape index (κ1) is 29.8.